The molecule has 0 radical (unpaired) electrons. The number of amides is 1. The average Bonchev–Trinajstić information content (AvgIpc) is 2.66. The maximum absolute atomic E-state index is 13.2. The molecule has 0 saturated carbocycles. The van der Waals surface area contributed by atoms with Crippen molar-refractivity contribution >= 4 is 23.2 Å². The Hall–Kier alpha value is -2.40. The van der Waals surface area contributed by atoms with E-state index in [0.29, 0.717) is 22.1 Å². The lowest BCUT2D eigenvalue weighted by molar-refractivity contribution is 0.0593. The van der Waals surface area contributed by atoms with Crippen molar-refractivity contribution in [3.8, 4) is 11.5 Å². The predicted molar refractivity (Wildman–Crippen MR) is 103 cm³/mol. The minimum absolute atomic E-state index is 0.00427. The van der Waals surface area contributed by atoms with E-state index in [1.54, 1.807) is 14.2 Å². The zero-order valence-corrected chi connectivity index (χ0v) is 16.1. The molecule has 0 unspecified atom stereocenters. The van der Waals surface area contributed by atoms with E-state index in [1.165, 1.54) is 0 Å². The minimum atomic E-state index is -0.343. The van der Waals surface area contributed by atoms with Gasteiger partial charge in [0.2, 0.25) is 0 Å². The highest BCUT2D eigenvalue weighted by Crippen LogP contribution is 2.41. The summed E-state index contributed by atoms with van der Waals surface area (Å²) in [7, 11) is 3.12. The van der Waals surface area contributed by atoms with Gasteiger partial charge in [-0.2, -0.15) is 0 Å². The molecule has 2 atom stereocenters. The van der Waals surface area contributed by atoms with Crippen LogP contribution in [0.1, 0.15) is 42.4 Å². The highest BCUT2D eigenvalue weighted by Gasteiger charge is 2.36. The van der Waals surface area contributed by atoms with E-state index < -0.39 is 0 Å². The number of rotatable bonds is 5. The number of nitrogens with zero attached hydrogens (tertiary/aromatic N) is 1. The number of hydrogen-bond donors (Lipinski definition) is 1. The van der Waals surface area contributed by atoms with Crippen molar-refractivity contribution in [1.82, 2.24) is 4.90 Å². The molecule has 6 heteroatoms. The number of methoxy groups -OCH3 is 2. The highest BCUT2D eigenvalue weighted by molar-refractivity contribution is 6.32. The number of anilines is 1. The number of carbonyl (C=O) groups is 1. The number of carbonyl (C=O) groups excluding carboxylic acids is 1. The summed E-state index contributed by atoms with van der Waals surface area (Å²) < 4.78 is 10.8. The third-order valence-corrected chi connectivity index (χ3v) is 5.08. The smallest absolute Gasteiger partial charge is 0.258 e. The van der Waals surface area contributed by atoms with Crippen LogP contribution in [0.3, 0.4) is 0 Å². The number of nitrogens with one attached hydrogen (secondary N) is 1. The Morgan fingerprint density at radius 1 is 1.23 bits per heavy atom. The van der Waals surface area contributed by atoms with Crippen molar-refractivity contribution in [2.75, 3.05) is 19.5 Å². The Bertz CT molecular complexity index is 825. The van der Waals surface area contributed by atoms with Crippen molar-refractivity contribution in [2.45, 2.75) is 32.5 Å². The van der Waals surface area contributed by atoms with Crippen LogP contribution in [0, 0.1) is 0 Å². The monoisotopic (exact) mass is 374 g/mol. The van der Waals surface area contributed by atoms with Gasteiger partial charge in [-0.3, -0.25) is 4.79 Å². The summed E-state index contributed by atoms with van der Waals surface area (Å²) in [5.74, 6) is 1.02. The first-order valence-corrected chi connectivity index (χ1v) is 8.99. The molecule has 0 spiro atoms. The molecule has 1 N–H and O–H groups in total. The molecule has 0 aromatic heterocycles. The zero-order valence-electron chi connectivity index (χ0n) is 15.4. The predicted octanol–water partition coefficient (Wildman–Crippen LogP) is 4.72. The number of ether oxygens (including phenoxy) is 2. The third kappa shape index (κ3) is 3.07. The van der Waals surface area contributed by atoms with Gasteiger partial charge >= 0.3 is 0 Å². The van der Waals surface area contributed by atoms with Crippen molar-refractivity contribution in [2.24, 2.45) is 0 Å². The van der Waals surface area contributed by atoms with E-state index >= 15 is 0 Å². The highest BCUT2D eigenvalue weighted by atomic mass is 35.5. The SMILES string of the molecule is CC[C@H](C)N1C(=O)c2ccccc2N[C@@H]1c1cc(Cl)c(OC)c(OC)c1. The van der Waals surface area contributed by atoms with Crippen LogP contribution in [0.4, 0.5) is 5.69 Å². The summed E-state index contributed by atoms with van der Waals surface area (Å²) in [5.41, 5.74) is 2.33. The van der Waals surface area contributed by atoms with Gasteiger partial charge in [-0.15, -0.1) is 0 Å². The normalized spacial score (nSPS) is 17.3. The molecule has 1 aliphatic heterocycles. The Morgan fingerprint density at radius 2 is 1.96 bits per heavy atom. The second-order valence-electron chi connectivity index (χ2n) is 6.30. The van der Waals surface area contributed by atoms with Crippen LogP contribution in [-0.4, -0.2) is 31.1 Å². The molecular weight excluding hydrogens is 352 g/mol. The van der Waals surface area contributed by atoms with Gasteiger partial charge in [0, 0.05) is 17.3 Å². The molecule has 3 rings (SSSR count). The Kier molecular flexibility index (Phi) is 5.28. The van der Waals surface area contributed by atoms with E-state index in [1.807, 2.05) is 48.2 Å². The van der Waals surface area contributed by atoms with E-state index in [0.717, 1.165) is 17.7 Å². The van der Waals surface area contributed by atoms with Crippen LogP contribution in [-0.2, 0) is 0 Å². The molecule has 138 valence electrons. The van der Waals surface area contributed by atoms with Gasteiger partial charge in [0.15, 0.2) is 11.5 Å². The average molecular weight is 375 g/mol. The van der Waals surface area contributed by atoms with Crippen LogP contribution >= 0.6 is 11.6 Å². The molecule has 1 amide bonds. The Balaban J connectivity index is 2.13. The molecule has 2 aromatic rings. The lowest BCUT2D eigenvalue weighted by Gasteiger charge is -2.41. The fourth-order valence-electron chi connectivity index (χ4n) is 3.26. The lowest BCUT2D eigenvalue weighted by Crippen LogP contribution is -2.47. The Morgan fingerprint density at radius 3 is 2.62 bits per heavy atom. The van der Waals surface area contributed by atoms with E-state index in [2.05, 4.69) is 12.2 Å². The van der Waals surface area contributed by atoms with E-state index in [-0.39, 0.29) is 18.1 Å². The summed E-state index contributed by atoms with van der Waals surface area (Å²) in [6, 6.07) is 11.3. The number of para-hydroxylation sites is 1. The fourth-order valence-corrected chi connectivity index (χ4v) is 3.56. The summed E-state index contributed by atoms with van der Waals surface area (Å²) in [6.45, 7) is 4.11. The second-order valence-corrected chi connectivity index (χ2v) is 6.71. The topological polar surface area (TPSA) is 50.8 Å². The van der Waals surface area contributed by atoms with Gasteiger partial charge in [0.05, 0.1) is 24.8 Å². The van der Waals surface area contributed by atoms with Gasteiger partial charge in [0.1, 0.15) is 6.17 Å². The van der Waals surface area contributed by atoms with Crippen LogP contribution in [0.2, 0.25) is 5.02 Å². The molecule has 1 aliphatic rings. The fraction of sp³-hybridized carbons (Fsp3) is 0.350. The van der Waals surface area contributed by atoms with Crippen molar-refractivity contribution in [3.63, 3.8) is 0 Å². The third-order valence-electron chi connectivity index (χ3n) is 4.80. The van der Waals surface area contributed by atoms with Gasteiger partial charge in [0.25, 0.3) is 5.91 Å². The first-order chi connectivity index (χ1) is 12.5. The number of benzene rings is 2. The molecule has 0 bridgehead atoms. The van der Waals surface area contributed by atoms with Crippen LogP contribution in [0.5, 0.6) is 11.5 Å². The quantitative estimate of drug-likeness (QED) is 0.822. The van der Waals surface area contributed by atoms with E-state index in [4.69, 9.17) is 21.1 Å². The first kappa shape index (κ1) is 18.4. The van der Waals surface area contributed by atoms with Gasteiger partial charge in [-0.25, -0.2) is 0 Å². The summed E-state index contributed by atoms with van der Waals surface area (Å²) in [4.78, 5) is 15.0. The number of hydrogen-bond acceptors (Lipinski definition) is 4. The standard InChI is InChI=1S/C20H23ClN2O3/c1-5-12(2)23-19(22-16-9-7-6-8-14(16)20(23)24)13-10-15(21)18(26-4)17(11-13)25-3/h6-12,19,22H,5H2,1-4H3/t12-,19-/m0/s1. The number of halogens is 1. The van der Waals surface area contributed by atoms with Gasteiger partial charge in [-0.1, -0.05) is 30.7 Å². The largest absolute Gasteiger partial charge is 0.493 e. The Labute approximate surface area is 158 Å². The van der Waals surface area contributed by atoms with Crippen molar-refractivity contribution in [1.29, 1.82) is 0 Å². The maximum Gasteiger partial charge on any atom is 0.258 e. The zero-order chi connectivity index (χ0) is 18.8. The van der Waals surface area contributed by atoms with Crippen LogP contribution in [0.15, 0.2) is 36.4 Å². The van der Waals surface area contributed by atoms with E-state index in [9.17, 15) is 4.79 Å². The molecular formula is C20H23ClN2O3. The van der Waals surface area contributed by atoms with Crippen molar-refractivity contribution < 1.29 is 14.3 Å². The van der Waals surface area contributed by atoms with Gasteiger partial charge in [-0.05, 0) is 37.6 Å². The molecule has 2 aromatic carbocycles. The molecule has 0 saturated heterocycles. The molecule has 1 heterocycles. The summed E-state index contributed by atoms with van der Waals surface area (Å²) >= 11 is 6.39. The molecule has 5 nitrogen and oxygen atoms in total. The lowest BCUT2D eigenvalue weighted by atomic mass is 10.0. The van der Waals surface area contributed by atoms with Crippen LogP contribution < -0.4 is 14.8 Å². The van der Waals surface area contributed by atoms with Gasteiger partial charge < -0.3 is 19.7 Å². The maximum atomic E-state index is 13.2. The second kappa shape index (κ2) is 7.46. The summed E-state index contributed by atoms with van der Waals surface area (Å²) in [5, 5.41) is 3.92. The number of fused-ring (bicyclic) bond motifs is 1. The molecule has 26 heavy (non-hydrogen) atoms. The molecule has 0 fully saturated rings. The van der Waals surface area contributed by atoms with Crippen molar-refractivity contribution in [3.05, 3.63) is 52.5 Å². The summed E-state index contributed by atoms with van der Waals surface area (Å²) in [6.07, 6.45) is 0.497. The first-order valence-electron chi connectivity index (χ1n) is 8.61. The minimum Gasteiger partial charge on any atom is -0.493 e. The van der Waals surface area contributed by atoms with Crippen LogP contribution in [0.25, 0.3) is 0 Å². The molecule has 0 aliphatic carbocycles.